The topological polar surface area (TPSA) is 111 Å². The van der Waals surface area contributed by atoms with Gasteiger partial charge in [-0.2, -0.15) is 5.10 Å². The van der Waals surface area contributed by atoms with E-state index in [1.165, 1.54) is 5.56 Å². The smallest absolute Gasteiger partial charge is 0.255 e. The number of likely N-dealkylation sites (N-methyl/N-ethyl adjacent to an activating group) is 1. The Hall–Kier alpha value is -4.56. The fourth-order valence-electron chi connectivity index (χ4n) is 4.76. The van der Waals surface area contributed by atoms with E-state index in [9.17, 15) is 4.79 Å². The van der Waals surface area contributed by atoms with Gasteiger partial charge >= 0.3 is 0 Å². The molecule has 0 unspecified atom stereocenters. The number of aryl methyl sites for hydroxylation is 3. The predicted molar refractivity (Wildman–Crippen MR) is 168 cm³/mol. The molecular weight excluding hydrogens is 540 g/mol. The molecule has 43 heavy (non-hydrogen) atoms. The van der Waals surface area contributed by atoms with Crippen LogP contribution < -0.4 is 10.6 Å². The van der Waals surface area contributed by atoms with Crippen molar-refractivity contribution in [1.82, 2.24) is 29.5 Å². The van der Waals surface area contributed by atoms with Crippen molar-refractivity contribution in [2.45, 2.75) is 33.4 Å². The fourth-order valence-corrected chi connectivity index (χ4v) is 4.76. The van der Waals surface area contributed by atoms with Crippen molar-refractivity contribution < 1.29 is 9.90 Å². The number of aliphatic hydroxyl groups excluding tert-OH is 1. The van der Waals surface area contributed by atoms with Crippen LogP contribution in [0.3, 0.4) is 0 Å². The van der Waals surface area contributed by atoms with E-state index in [2.05, 4.69) is 66.5 Å². The van der Waals surface area contributed by atoms with Crippen molar-refractivity contribution in [3.63, 3.8) is 0 Å². The number of hydrogen-bond donors (Lipinski definition) is 3. The molecule has 10 heteroatoms. The molecule has 3 heterocycles. The normalized spacial score (nSPS) is 13.8. The summed E-state index contributed by atoms with van der Waals surface area (Å²) in [6, 6.07) is 13.6. The van der Waals surface area contributed by atoms with Crippen molar-refractivity contribution >= 4 is 23.2 Å². The maximum absolute atomic E-state index is 13.0. The number of aliphatic hydroxyl groups is 1. The van der Waals surface area contributed by atoms with Gasteiger partial charge in [-0.15, -0.1) is 0 Å². The second-order valence-corrected chi connectivity index (χ2v) is 10.9. The van der Waals surface area contributed by atoms with E-state index < -0.39 is 0 Å². The highest BCUT2D eigenvalue weighted by Gasteiger charge is 2.14. The van der Waals surface area contributed by atoms with Crippen molar-refractivity contribution in [3.8, 4) is 11.8 Å². The summed E-state index contributed by atoms with van der Waals surface area (Å²) in [6.45, 7) is 9.89. The van der Waals surface area contributed by atoms with Crippen molar-refractivity contribution in [1.29, 1.82) is 0 Å². The second kappa shape index (κ2) is 14.1. The molecule has 1 aliphatic heterocycles. The molecule has 222 valence electrons. The van der Waals surface area contributed by atoms with Gasteiger partial charge in [0.05, 0.1) is 16.9 Å². The summed E-state index contributed by atoms with van der Waals surface area (Å²) < 4.78 is 1.79. The molecule has 0 atom stereocenters. The van der Waals surface area contributed by atoms with Crippen LogP contribution in [0, 0.1) is 25.7 Å². The standard InChI is InChI=1S/C33H38N8O2/c1-24-5-9-29(32(43)36-30-11-7-26(8-12-30)22-40-16-14-39(3)15-17-40)19-28(24)10-6-27-20-34-33(35-21-27)37-31-23-41(13-4-18-42)38-25(31)2/h5,7-9,11-12,19-21,23,42H,4,13-18,22H2,1-3H3,(H,36,43)(H,34,35,37). The lowest BCUT2D eigenvalue weighted by Crippen LogP contribution is -2.43. The summed E-state index contributed by atoms with van der Waals surface area (Å²) >= 11 is 0. The monoisotopic (exact) mass is 578 g/mol. The van der Waals surface area contributed by atoms with E-state index in [1.807, 2.05) is 50.4 Å². The van der Waals surface area contributed by atoms with Crippen LogP contribution in [0.15, 0.2) is 61.1 Å². The Bertz CT molecular complexity index is 1590. The molecule has 5 rings (SSSR count). The Kier molecular flexibility index (Phi) is 9.79. The molecule has 4 aromatic rings. The van der Waals surface area contributed by atoms with Crippen LogP contribution in [0.25, 0.3) is 0 Å². The lowest BCUT2D eigenvalue weighted by Gasteiger charge is -2.32. The van der Waals surface area contributed by atoms with Crippen molar-refractivity contribution in [2.24, 2.45) is 0 Å². The van der Waals surface area contributed by atoms with Crippen LogP contribution in [-0.4, -0.2) is 80.4 Å². The highest BCUT2D eigenvalue weighted by molar-refractivity contribution is 6.04. The molecule has 0 aliphatic carbocycles. The number of nitrogens with one attached hydrogen (secondary N) is 2. The SMILES string of the molecule is Cc1ccc(C(=O)Nc2ccc(CN3CCN(C)CC3)cc2)cc1C#Cc1cnc(Nc2cn(CCCO)nc2C)nc1. The Balaban J connectivity index is 1.19. The number of nitrogens with zero attached hydrogens (tertiary/aromatic N) is 6. The van der Waals surface area contributed by atoms with E-state index in [-0.39, 0.29) is 12.5 Å². The van der Waals surface area contributed by atoms with E-state index >= 15 is 0 Å². The minimum atomic E-state index is -0.177. The molecule has 1 aliphatic rings. The summed E-state index contributed by atoms with van der Waals surface area (Å²) in [5.74, 6) is 6.54. The van der Waals surface area contributed by atoms with Gasteiger partial charge in [0.25, 0.3) is 5.91 Å². The highest BCUT2D eigenvalue weighted by Crippen LogP contribution is 2.18. The van der Waals surface area contributed by atoms with E-state index in [0.717, 1.165) is 60.9 Å². The third-order valence-corrected chi connectivity index (χ3v) is 7.45. The first-order valence-electron chi connectivity index (χ1n) is 14.5. The minimum absolute atomic E-state index is 0.121. The largest absolute Gasteiger partial charge is 0.396 e. The third-order valence-electron chi connectivity index (χ3n) is 7.45. The van der Waals surface area contributed by atoms with Crippen LogP contribution in [0.1, 0.15) is 44.7 Å². The van der Waals surface area contributed by atoms with E-state index in [1.54, 1.807) is 17.1 Å². The predicted octanol–water partition coefficient (Wildman–Crippen LogP) is 3.82. The maximum Gasteiger partial charge on any atom is 0.255 e. The lowest BCUT2D eigenvalue weighted by atomic mass is 10.0. The summed E-state index contributed by atoms with van der Waals surface area (Å²) in [4.78, 5) is 26.6. The summed E-state index contributed by atoms with van der Waals surface area (Å²) in [5, 5.41) is 19.7. The van der Waals surface area contributed by atoms with Gasteiger partial charge in [-0.05, 0) is 62.7 Å². The van der Waals surface area contributed by atoms with Crippen LogP contribution in [0.2, 0.25) is 0 Å². The zero-order valence-corrected chi connectivity index (χ0v) is 25.0. The van der Waals surface area contributed by atoms with Crippen LogP contribution in [-0.2, 0) is 13.1 Å². The number of aromatic nitrogens is 4. The first-order valence-corrected chi connectivity index (χ1v) is 14.5. The van der Waals surface area contributed by atoms with Crippen LogP contribution in [0.5, 0.6) is 0 Å². The molecule has 10 nitrogen and oxygen atoms in total. The number of anilines is 3. The van der Waals surface area contributed by atoms with Gasteiger partial charge in [-0.25, -0.2) is 9.97 Å². The number of carbonyl (C=O) groups is 1. The molecule has 3 N–H and O–H groups in total. The number of rotatable bonds is 9. The molecule has 0 radical (unpaired) electrons. The maximum atomic E-state index is 13.0. The van der Waals surface area contributed by atoms with Gasteiger partial charge in [-0.1, -0.05) is 30.0 Å². The molecule has 2 aromatic carbocycles. The third kappa shape index (κ3) is 8.26. The Labute approximate surface area is 252 Å². The van der Waals surface area contributed by atoms with Crippen molar-refractivity contribution in [2.75, 3.05) is 50.5 Å². The quantitative estimate of drug-likeness (QED) is 0.257. The summed E-state index contributed by atoms with van der Waals surface area (Å²) in [6.07, 6.45) is 5.84. The van der Waals surface area contributed by atoms with Gasteiger partial charge in [0.2, 0.25) is 5.95 Å². The molecule has 1 saturated heterocycles. The van der Waals surface area contributed by atoms with E-state index in [4.69, 9.17) is 5.11 Å². The molecular formula is C33H38N8O2. The van der Waals surface area contributed by atoms with Gasteiger partial charge in [0.1, 0.15) is 0 Å². The number of benzene rings is 2. The zero-order valence-electron chi connectivity index (χ0n) is 25.0. The second-order valence-electron chi connectivity index (χ2n) is 10.9. The zero-order chi connectivity index (χ0) is 30.2. The van der Waals surface area contributed by atoms with Gasteiger partial charge in [-0.3, -0.25) is 14.4 Å². The summed E-state index contributed by atoms with van der Waals surface area (Å²) in [7, 11) is 2.16. The first-order chi connectivity index (χ1) is 20.9. The minimum Gasteiger partial charge on any atom is -0.396 e. The average molecular weight is 579 g/mol. The molecule has 1 fully saturated rings. The molecule has 0 spiro atoms. The molecule has 1 amide bonds. The number of piperazine rings is 1. The highest BCUT2D eigenvalue weighted by atomic mass is 16.3. The number of carbonyl (C=O) groups excluding carboxylic acids is 1. The van der Waals surface area contributed by atoms with Crippen LogP contribution in [0.4, 0.5) is 17.3 Å². The Morgan fingerprint density at radius 1 is 1.00 bits per heavy atom. The van der Waals surface area contributed by atoms with Gasteiger partial charge < -0.3 is 20.6 Å². The number of hydrogen-bond acceptors (Lipinski definition) is 8. The molecule has 2 aromatic heterocycles. The lowest BCUT2D eigenvalue weighted by molar-refractivity contribution is 0.102. The first kappa shape index (κ1) is 29.9. The Morgan fingerprint density at radius 2 is 1.74 bits per heavy atom. The fraction of sp³-hybridized carbons (Fsp3) is 0.333. The summed E-state index contributed by atoms with van der Waals surface area (Å²) in [5.41, 5.74) is 6.58. The number of amides is 1. The average Bonchev–Trinajstić information content (AvgIpc) is 3.36. The molecule has 0 saturated carbocycles. The van der Waals surface area contributed by atoms with E-state index in [0.29, 0.717) is 30.0 Å². The molecule has 0 bridgehead atoms. The Morgan fingerprint density at radius 3 is 2.47 bits per heavy atom. The van der Waals surface area contributed by atoms with Crippen molar-refractivity contribution in [3.05, 3.63) is 94.6 Å². The van der Waals surface area contributed by atoms with Gasteiger partial charge in [0.15, 0.2) is 0 Å². The van der Waals surface area contributed by atoms with Gasteiger partial charge in [0, 0.05) is 81.3 Å². The van der Waals surface area contributed by atoms with Crippen LogP contribution >= 0.6 is 0 Å².